The monoisotopic (exact) mass is 268 g/mol. The zero-order valence-electron chi connectivity index (χ0n) is 11.4. The van der Waals surface area contributed by atoms with Gasteiger partial charge in [0.05, 0.1) is 6.21 Å². The maximum Gasteiger partial charge on any atom is 0.252 e. The highest BCUT2D eigenvalue weighted by molar-refractivity contribution is 5.85. The zero-order valence-corrected chi connectivity index (χ0v) is 11.4. The predicted molar refractivity (Wildman–Crippen MR) is 81.8 cm³/mol. The highest BCUT2D eigenvalue weighted by Gasteiger charge is 1.95. The first-order valence-electron chi connectivity index (χ1n) is 6.24. The number of hydrogen-bond donors (Lipinski definition) is 2. The summed E-state index contributed by atoms with van der Waals surface area (Å²) < 4.78 is 0. The van der Waals surface area contributed by atoms with E-state index in [0.29, 0.717) is 11.6 Å². The fourth-order valence-corrected chi connectivity index (χ4v) is 1.68. The fraction of sp³-hybridized carbons (Fsp3) is 0.133. The Morgan fingerprint density at radius 1 is 1.35 bits per heavy atom. The van der Waals surface area contributed by atoms with E-state index in [2.05, 4.69) is 20.5 Å². The molecule has 5 nitrogen and oxygen atoms in total. The summed E-state index contributed by atoms with van der Waals surface area (Å²) in [6.45, 7) is 3.70. The summed E-state index contributed by atoms with van der Waals surface area (Å²) >= 11 is 0. The molecule has 0 saturated carbocycles. The topological polar surface area (TPSA) is 70.1 Å². The van der Waals surface area contributed by atoms with Gasteiger partial charge in [-0.3, -0.25) is 9.78 Å². The van der Waals surface area contributed by atoms with Crippen LogP contribution in [0, 0.1) is 6.92 Å². The molecule has 0 unspecified atom stereocenters. The van der Waals surface area contributed by atoms with Gasteiger partial charge in [-0.1, -0.05) is 36.4 Å². The van der Waals surface area contributed by atoms with Gasteiger partial charge in [-0.25, -0.2) is 10.4 Å². The van der Waals surface area contributed by atoms with E-state index in [9.17, 15) is 4.79 Å². The summed E-state index contributed by atoms with van der Waals surface area (Å²) in [6, 6.07) is 11.4. The third kappa shape index (κ3) is 4.20. The highest BCUT2D eigenvalue weighted by atomic mass is 16.1. The zero-order chi connectivity index (χ0) is 14.4. The van der Waals surface area contributed by atoms with Crippen molar-refractivity contribution in [3.63, 3.8) is 0 Å². The van der Waals surface area contributed by atoms with Crippen molar-refractivity contribution in [3.05, 3.63) is 63.6 Å². The molecule has 20 heavy (non-hydrogen) atoms. The van der Waals surface area contributed by atoms with Crippen molar-refractivity contribution in [1.29, 1.82) is 0 Å². The van der Waals surface area contributed by atoms with Gasteiger partial charge in [0.15, 0.2) is 0 Å². The number of hydrazone groups is 1. The minimum absolute atomic E-state index is 0.202. The SMILES string of the molecule is CC(/C=N\Nc1nc(C)cc(=O)[nH]1)=C\c1ccccc1. The second-order valence-electron chi connectivity index (χ2n) is 4.40. The van der Waals surface area contributed by atoms with E-state index in [-0.39, 0.29) is 5.56 Å². The van der Waals surface area contributed by atoms with Crippen molar-refractivity contribution in [2.24, 2.45) is 5.10 Å². The average molecular weight is 268 g/mol. The molecule has 0 amide bonds. The lowest BCUT2D eigenvalue weighted by Gasteiger charge is -1.99. The van der Waals surface area contributed by atoms with Crippen LogP contribution in [0.4, 0.5) is 5.95 Å². The Hall–Kier alpha value is -2.69. The molecule has 0 radical (unpaired) electrons. The van der Waals surface area contributed by atoms with Crippen molar-refractivity contribution in [3.8, 4) is 0 Å². The van der Waals surface area contributed by atoms with Crippen molar-refractivity contribution < 1.29 is 0 Å². The molecule has 2 rings (SSSR count). The molecule has 0 aliphatic heterocycles. The summed E-state index contributed by atoms with van der Waals surface area (Å²) in [5, 5.41) is 4.04. The third-order valence-electron chi connectivity index (χ3n) is 2.50. The maximum atomic E-state index is 11.3. The summed E-state index contributed by atoms with van der Waals surface area (Å²) in [5.41, 5.74) is 5.24. The van der Waals surface area contributed by atoms with Crippen molar-refractivity contribution in [2.75, 3.05) is 5.43 Å². The van der Waals surface area contributed by atoms with E-state index >= 15 is 0 Å². The van der Waals surface area contributed by atoms with Crippen LogP contribution in [0.3, 0.4) is 0 Å². The minimum Gasteiger partial charge on any atom is -0.291 e. The molecule has 102 valence electrons. The largest absolute Gasteiger partial charge is 0.291 e. The lowest BCUT2D eigenvalue weighted by atomic mass is 10.1. The first kappa shape index (κ1) is 13.7. The molecule has 2 aromatic rings. The van der Waals surface area contributed by atoms with Crippen LogP contribution < -0.4 is 11.0 Å². The number of hydrogen-bond acceptors (Lipinski definition) is 4. The molecule has 0 fully saturated rings. The van der Waals surface area contributed by atoms with Gasteiger partial charge in [0.1, 0.15) is 0 Å². The smallest absolute Gasteiger partial charge is 0.252 e. The molecular weight excluding hydrogens is 252 g/mol. The number of nitrogens with one attached hydrogen (secondary N) is 2. The van der Waals surface area contributed by atoms with Gasteiger partial charge >= 0.3 is 0 Å². The molecule has 2 N–H and O–H groups in total. The average Bonchev–Trinajstić information content (AvgIpc) is 2.38. The Kier molecular flexibility index (Phi) is 4.44. The molecule has 5 heteroatoms. The molecule has 0 aliphatic rings. The Labute approximate surface area is 117 Å². The quantitative estimate of drug-likeness (QED) is 0.661. The van der Waals surface area contributed by atoms with Crippen LogP contribution in [0.5, 0.6) is 0 Å². The van der Waals surface area contributed by atoms with E-state index in [0.717, 1.165) is 11.1 Å². The lowest BCUT2D eigenvalue weighted by Crippen LogP contribution is -2.10. The Morgan fingerprint density at radius 2 is 2.10 bits per heavy atom. The molecule has 1 heterocycles. The number of allylic oxidation sites excluding steroid dienone is 1. The Balaban J connectivity index is 2.03. The number of aromatic nitrogens is 2. The number of benzene rings is 1. The number of anilines is 1. The number of rotatable bonds is 4. The van der Waals surface area contributed by atoms with Gasteiger partial charge in [-0.05, 0) is 25.0 Å². The second-order valence-corrected chi connectivity index (χ2v) is 4.40. The van der Waals surface area contributed by atoms with Gasteiger partial charge in [-0.2, -0.15) is 5.10 Å². The van der Waals surface area contributed by atoms with Gasteiger partial charge in [0.2, 0.25) is 5.95 Å². The number of nitrogens with zero attached hydrogens (tertiary/aromatic N) is 2. The van der Waals surface area contributed by atoms with Crippen LogP contribution in [0.15, 0.2) is 51.9 Å². The predicted octanol–water partition coefficient (Wildman–Crippen LogP) is 2.58. The Bertz CT molecular complexity index is 687. The van der Waals surface area contributed by atoms with Crippen LogP contribution in [-0.4, -0.2) is 16.2 Å². The molecule has 1 aromatic heterocycles. The highest BCUT2D eigenvalue weighted by Crippen LogP contribution is 2.04. The summed E-state index contributed by atoms with van der Waals surface area (Å²) in [7, 11) is 0. The number of H-pyrrole nitrogens is 1. The molecule has 0 aliphatic carbocycles. The standard InChI is InChI=1S/C15H16N4O/c1-11(8-13-6-4-3-5-7-13)10-16-19-15-17-12(2)9-14(20)18-15/h3-10H,1-2H3,(H2,17,18,19,20)/b11-8+,16-10-. The van der Waals surface area contributed by atoms with E-state index < -0.39 is 0 Å². The van der Waals surface area contributed by atoms with E-state index in [4.69, 9.17) is 0 Å². The van der Waals surface area contributed by atoms with Crippen molar-refractivity contribution in [2.45, 2.75) is 13.8 Å². The van der Waals surface area contributed by atoms with Gasteiger partial charge in [0.25, 0.3) is 5.56 Å². The molecule has 0 saturated heterocycles. The van der Waals surface area contributed by atoms with Crippen LogP contribution in [0.2, 0.25) is 0 Å². The number of aryl methyl sites for hydroxylation is 1. The Morgan fingerprint density at radius 3 is 2.80 bits per heavy atom. The third-order valence-corrected chi connectivity index (χ3v) is 2.50. The van der Waals surface area contributed by atoms with Crippen molar-refractivity contribution in [1.82, 2.24) is 9.97 Å². The molecule has 0 bridgehead atoms. The normalized spacial score (nSPS) is 11.8. The lowest BCUT2D eigenvalue weighted by molar-refractivity contribution is 1.04. The van der Waals surface area contributed by atoms with Crippen molar-refractivity contribution >= 4 is 18.2 Å². The van der Waals surface area contributed by atoms with Crippen LogP contribution in [0.1, 0.15) is 18.2 Å². The first-order valence-corrected chi connectivity index (χ1v) is 6.24. The molecule has 1 aromatic carbocycles. The van der Waals surface area contributed by atoms with E-state index in [1.54, 1.807) is 13.1 Å². The minimum atomic E-state index is -0.202. The van der Waals surface area contributed by atoms with E-state index in [1.807, 2.05) is 43.3 Å². The maximum absolute atomic E-state index is 11.3. The second kappa shape index (κ2) is 6.47. The summed E-state index contributed by atoms with van der Waals surface area (Å²) in [4.78, 5) is 17.9. The van der Waals surface area contributed by atoms with Crippen LogP contribution in [0.25, 0.3) is 6.08 Å². The van der Waals surface area contributed by atoms with Gasteiger partial charge in [-0.15, -0.1) is 0 Å². The fourth-order valence-electron chi connectivity index (χ4n) is 1.68. The summed E-state index contributed by atoms with van der Waals surface area (Å²) in [6.07, 6.45) is 3.69. The number of aromatic amines is 1. The van der Waals surface area contributed by atoms with Crippen LogP contribution >= 0.6 is 0 Å². The molecular formula is C15H16N4O. The molecule has 0 spiro atoms. The van der Waals surface area contributed by atoms with Gasteiger partial charge < -0.3 is 0 Å². The van der Waals surface area contributed by atoms with E-state index in [1.165, 1.54) is 6.07 Å². The molecule has 0 atom stereocenters. The van der Waals surface area contributed by atoms with Crippen LogP contribution in [-0.2, 0) is 0 Å². The summed E-state index contributed by atoms with van der Waals surface area (Å²) in [5.74, 6) is 0.332. The first-order chi connectivity index (χ1) is 9.63. The van der Waals surface area contributed by atoms with Gasteiger partial charge in [0, 0.05) is 11.8 Å².